The number of likely N-dealkylation sites (N-methyl/N-ethyl adjacent to an activating group) is 1. The normalized spacial score (nSPS) is 12.2. The summed E-state index contributed by atoms with van der Waals surface area (Å²) in [7, 11) is 3.20. The summed E-state index contributed by atoms with van der Waals surface area (Å²) < 4.78 is 32.8. The van der Waals surface area contributed by atoms with Crippen molar-refractivity contribution in [3.05, 3.63) is 64.7 Å². The lowest BCUT2D eigenvalue weighted by atomic mass is 9.97. The molecule has 112 valence electrons. The summed E-state index contributed by atoms with van der Waals surface area (Å²) in [6, 6.07) is 9.91. The van der Waals surface area contributed by atoms with Crippen molar-refractivity contribution in [3.8, 4) is 5.75 Å². The Balaban J connectivity index is 2.27. The fourth-order valence-corrected chi connectivity index (χ4v) is 2.38. The second-order valence-corrected chi connectivity index (χ2v) is 4.99. The van der Waals surface area contributed by atoms with Crippen LogP contribution in [0.3, 0.4) is 0 Å². The molecule has 0 aliphatic carbocycles. The number of hydrogen-bond acceptors (Lipinski definition) is 2. The van der Waals surface area contributed by atoms with E-state index < -0.39 is 5.82 Å². The third kappa shape index (κ3) is 3.39. The van der Waals surface area contributed by atoms with E-state index in [1.54, 1.807) is 38.2 Å². The summed E-state index contributed by atoms with van der Waals surface area (Å²) in [5, 5.41) is 3.09. The quantitative estimate of drug-likeness (QED) is 0.905. The second kappa shape index (κ2) is 6.68. The number of nitrogens with one attached hydrogen (secondary N) is 1. The Morgan fingerprint density at radius 2 is 1.95 bits per heavy atom. The minimum absolute atomic E-state index is 0.210. The maximum Gasteiger partial charge on any atom is 0.165 e. The largest absolute Gasteiger partial charge is 0.494 e. The van der Waals surface area contributed by atoms with Gasteiger partial charge in [0.15, 0.2) is 11.6 Å². The molecule has 1 unspecified atom stereocenters. The van der Waals surface area contributed by atoms with Crippen molar-refractivity contribution in [3.63, 3.8) is 0 Å². The summed E-state index contributed by atoms with van der Waals surface area (Å²) in [5.41, 5.74) is 1.98. The lowest BCUT2D eigenvalue weighted by Crippen LogP contribution is -2.20. The highest BCUT2D eigenvalue weighted by Gasteiger charge is 2.16. The number of halogens is 2. The van der Waals surface area contributed by atoms with Crippen molar-refractivity contribution in [2.45, 2.75) is 19.4 Å². The average Bonchev–Trinajstić information content (AvgIpc) is 2.48. The Morgan fingerprint density at radius 1 is 1.19 bits per heavy atom. The van der Waals surface area contributed by atoms with Gasteiger partial charge in [0.25, 0.3) is 0 Å². The molecule has 0 aromatic heterocycles. The van der Waals surface area contributed by atoms with E-state index in [9.17, 15) is 8.78 Å². The van der Waals surface area contributed by atoms with Crippen molar-refractivity contribution in [2.75, 3.05) is 14.2 Å². The summed E-state index contributed by atoms with van der Waals surface area (Å²) in [4.78, 5) is 0. The minimum atomic E-state index is -0.408. The Morgan fingerprint density at radius 3 is 2.57 bits per heavy atom. The smallest absolute Gasteiger partial charge is 0.165 e. The molecule has 2 aromatic rings. The molecule has 0 fully saturated rings. The van der Waals surface area contributed by atoms with Crippen LogP contribution in [0.4, 0.5) is 8.78 Å². The van der Waals surface area contributed by atoms with Crippen LogP contribution in [-0.2, 0) is 6.42 Å². The molecule has 0 amide bonds. The van der Waals surface area contributed by atoms with Crippen LogP contribution in [0.5, 0.6) is 5.75 Å². The maximum atomic E-state index is 14.2. The third-order valence-electron chi connectivity index (χ3n) is 3.60. The van der Waals surface area contributed by atoms with Crippen LogP contribution in [0.15, 0.2) is 36.4 Å². The van der Waals surface area contributed by atoms with E-state index >= 15 is 0 Å². The molecule has 21 heavy (non-hydrogen) atoms. The van der Waals surface area contributed by atoms with Gasteiger partial charge in [-0.15, -0.1) is 0 Å². The first-order valence-corrected chi connectivity index (χ1v) is 6.81. The Labute approximate surface area is 123 Å². The van der Waals surface area contributed by atoms with Crippen LogP contribution in [0, 0.1) is 18.6 Å². The number of aryl methyl sites for hydroxylation is 1. The molecular weight excluding hydrogens is 272 g/mol. The van der Waals surface area contributed by atoms with Crippen molar-refractivity contribution in [2.24, 2.45) is 0 Å². The van der Waals surface area contributed by atoms with Gasteiger partial charge in [-0.2, -0.15) is 0 Å². The van der Waals surface area contributed by atoms with Crippen molar-refractivity contribution >= 4 is 0 Å². The first-order chi connectivity index (χ1) is 10.1. The van der Waals surface area contributed by atoms with Gasteiger partial charge >= 0.3 is 0 Å². The highest BCUT2D eigenvalue weighted by atomic mass is 19.1. The first kappa shape index (κ1) is 15.4. The minimum Gasteiger partial charge on any atom is -0.494 e. The Kier molecular flexibility index (Phi) is 4.91. The summed E-state index contributed by atoms with van der Waals surface area (Å²) in [6.45, 7) is 1.73. The topological polar surface area (TPSA) is 21.3 Å². The van der Waals surface area contributed by atoms with Gasteiger partial charge in [0.05, 0.1) is 7.11 Å². The van der Waals surface area contributed by atoms with Crippen LogP contribution in [0.1, 0.15) is 22.7 Å². The third-order valence-corrected chi connectivity index (χ3v) is 3.60. The van der Waals surface area contributed by atoms with Crippen LogP contribution in [0.25, 0.3) is 0 Å². The van der Waals surface area contributed by atoms with Gasteiger partial charge in [0.2, 0.25) is 0 Å². The SMILES string of the molecule is CNC(Cc1ccc(OC)c(F)c1)c1cccc(C)c1F. The van der Waals surface area contributed by atoms with Crippen LogP contribution >= 0.6 is 0 Å². The van der Waals surface area contributed by atoms with Crippen LogP contribution in [-0.4, -0.2) is 14.2 Å². The van der Waals surface area contributed by atoms with Gasteiger partial charge in [0.1, 0.15) is 5.82 Å². The van der Waals surface area contributed by atoms with Gasteiger partial charge in [-0.3, -0.25) is 0 Å². The molecule has 0 bridgehead atoms. The van der Waals surface area contributed by atoms with E-state index in [4.69, 9.17) is 4.74 Å². The van der Waals surface area contributed by atoms with E-state index in [0.717, 1.165) is 5.56 Å². The van der Waals surface area contributed by atoms with Gasteiger partial charge in [-0.05, 0) is 43.7 Å². The Bertz CT molecular complexity index is 628. The number of benzene rings is 2. The molecule has 0 saturated carbocycles. The van der Waals surface area contributed by atoms with Crippen molar-refractivity contribution in [1.82, 2.24) is 5.32 Å². The maximum absolute atomic E-state index is 14.2. The van der Waals surface area contributed by atoms with Gasteiger partial charge in [-0.25, -0.2) is 8.78 Å². The molecule has 2 nitrogen and oxygen atoms in total. The van der Waals surface area contributed by atoms with Crippen molar-refractivity contribution in [1.29, 1.82) is 0 Å². The Hall–Kier alpha value is -1.94. The molecule has 2 rings (SSSR count). The van der Waals surface area contributed by atoms with E-state index in [1.807, 2.05) is 6.07 Å². The van der Waals surface area contributed by atoms with Crippen LogP contribution in [0.2, 0.25) is 0 Å². The first-order valence-electron chi connectivity index (χ1n) is 6.81. The predicted molar refractivity (Wildman–Crippen MR) is 79.6 cm³/mol. The molecular formula is C17H19F2NO. The van der Waals surface area contributed by atoms with Gasteiger partial charge in [-0.1, -0.05) is 24.3 Å². The molecule has 4 heteroatoms. The van der Waals surface area contributed by atoms with E-state index in [-0.39, 0.29) is 17.6 Å². The molecule has 0 saturated heterocycles. The fourth-order valence-electron chi connectivity index (χ4n) is 2.38. The second-order valence-electron chi connectivity index (χ2n) is 4.99. The molecule has 0 spiro atoms. The van der Waals surface area contributed by atoms with E-state index in [2.05, 4.69) is 5.32 Å². The zero-order chi connectivity index (χ0) is 15.4. The number of methoxy groups -OCH3 is 1. The monoisotopic (exact) mass is 291 g/mol. The van der Waals surface area contributed by atoms with E-state index in [1.165, 1.54) is 13.2 Å². The molecule has 0 aliphatic rings. The molecule has 1 atom stereocenters. The molecule has 0 aliphatic heterocycles. The molecule has 1 N–H and O–H groups in total. The van der Waals surface area contributed by atoms with Crippen molar-refractivity contribution < 1.29 is 13.5 Å². The zero-order valence-electron chi connectivity index (χ0n) is 12.4. The highest BCUT2D eigenvalue weighted by Crippen LogP contribution is 2.25. The van der Waals surface area contributed by atoms with Crippen LogP contribution < -0.4 is 10.1 Å². The zero-order valence-corrected chi connectivity index (χ0v) is 12.4. The average molecular weight is 291 g/mol. The lowest BCUT2D eigenvalue weighted by molar-refractivity contribution is 0.386. The number of ether oxygens (including phenoxy) is 1. The van der Waals surface area contributed by atoms with E-state index in [0.29, 0.717) is 17.5 Å². The predicted octanol–water partition coefficient (Wildman–Crippen LogP) is 3.79. The van der Waals surface area contributed by atoms with Gasteiger partial charge in [0, 0.05) is 11.6 Å². The molecule has 2 aromatic carbocycles. The standard InChI is InChI=1S/C17H19F2NO/c1-11-5-4-6-13(17(11)19)15(20-2)10-12-7-8-16(21-3)14(18)9-12/h4-9,15,20H,10H2,1-3H3. The van der Waals surface area contributed by atoms with Gasteiger partial charge < -0.3 is 10.1 Å². The number of rotatable bonds is 5. The lowest BCUT2D eigenvalue weighted by Gasteiger charge is -2.18. The fraction of sp³-hybridized carbons (Fsp3) is 0.294. The summed E-state index contributed by atoms with van der Waals surface area (Å²) in [5.74, 6) is -0.415. The molecule has 0 radical (unpaired) electrons. The summed E-state index contributed by atoms with van der Waals surface area (Å²) >= 11 is 0. The number of hydrogen-bond donors (Lipinski definition) is 1. The summed E-state index contributed by atoms with van der Waals surface area (Å²) in [6.07, 6.45) is 0.498. The highest BCUT2D eigenvalue weighted by molar-refractivity contribution is 5.32. The molecule has 0 heterocycles.